The second-order valence-corrected chi connectivity index (χ2v) is 6.58. The van der Waals surface area contributed by atoms with Gasteiger partial charge in [-0.15, -0.1) is 0 Å². The van der Waals surface area contributed by atoms with Crippen molar-refractivity contribution in [2.75, 3.05) is 0 Å². The van der Waals surface area contributed by atoms with Crippen LogP contribution in [0.1, 0.15) is 30.4 Å². The molecule has 4 rings (SSSR count). The highest BCUT2D eigenvalue weighted by molar-refractivity contribution is 5.88. The van der Waals surface area contributed by atoms with E-state index in [1.807, 2.05) is 24.3 Å². The van der Waals surface area contributed by atoms with Gasteiger partial charge in [0.25, 0.3) is 0 Å². The highest BCUT2D eigenvalue weighted by Crippen LogP contribution is 2.58. The second-order valence-electron chi connectivity index (χ2n) is 6.58. The quantitative estimate of drug-likeness (QED) is 0.905. The molecule has 4 nitrogen and oxygen atoms in total. The lowest BCUT2D eigenvalue weighted by Crippen LogP contribution is -2.49. The maximum Gasteiger partial charge on any atom is 0.326 e. The number of carbonyl (C=O) groups is 2. The van der Waals surface area contributed by atoms with E-state index in [9.17, 15) is 14.7 Å². The number of nitrogens with zero attached hydrogens (tertiary/aromatic N) is 1. The Morgan fingerprint density at radius 3 is 2.43 bits per heavy atom. The Hall–Kier alpha value is -1.84. The molecule has 110 valence electrons. The van der Waals surface area contributed by atoms with Crippen molar-refractivity contribution in [2.45, 2.75) is 38.3 Å². The number of fused-ring (bicyclic) bond motifs is 2. The van der Waals surface area contributed by atoms with Gasteiger partial charge in [-0.1, -0.05) is 30.7 Å². The number of carboxylic acids is 1. The molecule has 4 heteroatoms. The van der Waals surface area contributed by atoms with Crippen molar-refractivity contribution in [3.05, 3.63) is 35.4 Å². The molecule has 0 radical (unpaired) electrons. The number of rotatable bonds is 2. The monoisotopic (exact) mass is 285 g/mol. The van der Waals surface area contributed by atoms with E-state index in [2.05, 4.69) is 0 Å². The van der Waals surface area contributed by atoms with Crippen molar-refractivity contribution >= 4 is 11.9 Å². The molecule has 3 aliphatic rings. The number of amides is 1. The number of carbonyl (C=O) groups excluding carboxylic acids is 1. The van der Waals surface area contributed by atoms with Crippen LogP contribution in [0.25, 0.3) is 0 Å². The van der Waals surface area contributed by atoms with Gasteiger partial charge in [-0.2, -0.15) is 0 Å². The molecule has 2 fully saturated rings. The summed E-state index contributed by atoms with van der Waals surface area (Å²) in [5, 5.41) is 9.49. The minimum atomic E-state index is -0.885. The first kappa shape index (κ1) is 12.9. The van der Waals surface area contributed by atoms with Crippen LogP contribution in [-0.4, -0.2) is 27.9 Å². The third-order valence-corrected chi connectivity index (χ3v) is 5.51. The van der Waals surface area contributed by atoms with Crippen LogP contribution in [0, 0.1) is 17.8 Å². The Balaban J connectivity index is 1.60. The van der Waals surface area contributed by atoms with Gasteiger partial charge in [0, 0.05) is 18.9 Å². The lowest BCUT2D eigenvalue weighted by Gasteiger charge is -2.35. The summed E-state index contributed by atoms with van der Waals surface area (Å²) in [6.45, 7) is 0.446. The van der Waals surface area contributed by atoms with Gasteiger partial charge < -0.3 is 10.0 Å². The van der Waals surface area contributed by atoms with Crippen LogP contribution in [0.15, 0.2) is 24.3 Å². The van der Waals surface area contributed by atoms with E-state index in [-0.39, 0.29) is 11.8 Å². The number of benzene rings is 1. The largest absolute Gasteiger partial charge is 0.480 e. The Bertz CT molecular complexity index is 602. The summed E-state index contributed by atoms with van der Waals surface area (Å²) in [4.78, 5) is 26.0. The van der Waals surface area contributed by atoms with Gasteiger partial charge in [0.05, 0.1) is 0 Å². The van der Waals surface area contributed by atoms with Crippen molar-refractivity contribution in [1.29, 1.82) is 0 Å². The van der Waals surface area contributed by atoms with Gasteiger partial charge in [0.1, 0.15) is 6.04 Å². The molecule has 1 amide bonds. The van der Waals surface area contributed by atoms with Crippen LogP contribution in [-0.2, 0) is 22.6 Å². The van der Waals surface area contributed by atoms with Crippen molar-refractivity contribution in [3.63, 3.8) is 0 Å². The molecule has 3 atom stereocenters. The first-order valence-electron chi connectivity index (χ1n) is 7.77. The number of hydrogen-bond donors (Lipinski definition) is 1. The van der Waals surface area contributed by atoms with Gasteiger partial charge in [-0.3, -0.25) is 4.79 Å². The zero-order valence-corrected chi connectivity index (χ0v) is 11.9. The Morgan fingerprint density at radius 1 is 1.10 bits per heavy atom. The van der Waals surface area contributed by atoms with Crippen molar-refractivity contribution in [1.82, 2.24) is 4.90 Å². The Morgan fingerprint density at radius 2 is 1.76 bits per heavy atom. The molecule has 0 saturated heterocycles. The molecule has 0 bridgehead atoms. The fourth-order valence-corrected chi connectivity index (χ4v) is 4.35. The molecule has 1 aromatic rings. The fourth-order valence-electron chi connectivity index (χ4n) is 4.35. The van der Waals surface area contributed by atoms with Crippen LogP contribution < -0.4 is 0 Å². The van der Waals surface area contributed by atoms with Gasteiger partial charge in [0.15, 0.2) is 0 Å². The maximum atomic E-state index is 12.8. The minimum Gasteiger partial charge on any atom is -0.480 e. The zero-order chi connectivity index (χ0) is 14.6. The summed E-state index contributed by atoms with van der Waals surface area (Å²) in [6.07, 6.45) is 3.94. The molecule has 2 unspecified atom stereocenters. The first-order chi connectivity index (χ1) is 10.2. The number of aliphatic carboxylic acids is 1. The van der Waals surface area contributed by atoms with Crippen LogP contribution in [0.5, 0.6) is 0 Å². The van der Waals surface area contributed by atoms with E-state index in [4.69, 9.17) is 0 Å². The van der Waals surface area contributed by atoms with E-state index in [0.29, 0.717) is 24.8 Å². The lowest BCUT2D eigenvalue weighted by molar-refractivity contribution is -0.152. The molecular formula is C17H19NO3. The highest BCUT2D eigenvalue weighted by atomic mass is 16.4. The molecule has 0 aromatic heterocycles. The standard InChI is InChI=1S/C17H19NO3/c19-16(15-12-6-3-7-13(12)15)18-9-11-5-2-1-4-10(11)8-14(18)17(20)21/h1-2,4-5,12-15H,3,6-9H2,(H,20,21)/t12?,13?,14-,15?/m0/s1. The summed E-state index contributed by atoms with van der Waals surface area (Å²) in [6, 6.07) is 7.16. The zero-order valence-electron chi connectivity index (χ0n) is 11.9. The van der Waals surface area contributed by atoms with Crippen molar-refractivity contribution in [3.8, 4) is 0 Å². The molecule has 1 N–H and O–H groups in total. The van der Waals surface area contributed by atoms with Gasteiger partial charge in [-0.05, 0) is 35.8 Å². The summed E-state index contributed by atoms with van der Waals surface area (Å²) >= 11 is 0. The van der Waals surface area contributed by atoms with E-state index in [1.54, 1.807) is 4.90 Å². The average molecular weight is 285 g/mol. The lowest BCUT2D eigenvalue weighted by atomic mass is 9.93. The van der Waals surface area contributed by atoms with E-state index in [1.165, 1.54) is 6.42 Å². The summed E-state index contributed by atoms with van der Waals surface area (Å²) in [7, 11) is 0. The molecule has 1 aliphatic heterocycles. The number of carboxylic acid groups (broad SMARTS) is 1. The summed E-state index contributed by atoms with van der Waals surface area (Å²) in [5.41, 5.74) is 2.15. The molecule has 1 aromatic carbocycles. The van der Waals surface area contributed by atoms with E-state index in [0.717, 1.165) is 24.0 Å². The molecule has 2 saturated carbocycles. The molecular weight excluding hydrogens is 266 g/mol. The SMILES string of the molecule is O=C(O)[C@@H]1Cc2ccccc2CN1C(=O)C1C2CCCC21. The topological polar surface area (TPSA) is 57.6 Å². The second kappa shape index (κ2) is 4.58. The number of hydrogen-bond acceptors (Lipinski definition) is 2. The van der Waals surface area contributed by atoms with Crippen LogP contribution >= 0.6 is 0 Å². The predicted octanol–water partition coefficient (Wildman–Crippen LogP) is 2.07. The Kier molecular flexibility index (Phi) is 2.81. The Labute approximate surface area is 123 Å². The van der Waals surface area contributed by atoms with Crippen molar-refractivity contribution < 1.29 is 14.7 Å². The van der Waals surface area contributed by atoms with E-state index < -0.39 is 12.0 Å². The average Bonchev–Trinajstić information content (AvgIpc) is 2.97. The predicted molar refractivity (Wildman–Crippen MR) is 76.4 cm³/mol. The fraction of sp³-hybridized carbons (Fsp3) is 0.529. The van der Waals surface area contributed by atoms with Crippen molar-refractivity contribution in [2.24, 2.45) is 17.8 Å². The maximum absolute atomic E-state index is 12.8. The smallest absolute Gasteiger partial charge is 0.326 e. The molecule has 21 heavy (non-hydrogen) atoms. The van der Waals surface area contributed by atoms with Crippen LogP contribution in [0.2, 0.25) is 0 Å². The molecule has 0 spiro atoms. The third kappa shape index (κ3) is 1.96. The first-order valence-corrected chi connectivity index (χ1v) is 7.77. The summed E-state index contributed by atoms with van der Waals surface area (Å²) < 4.78 is 0. The van der Waals surface area contributed by atoms with Gasteiger partial charge >= 0.3 is 5.97 Å². The molecule has 2 aliphatic carbocycles. The van der Waals surface area contributed by atoms with Crippen LogP contribution in [0.4, 0.5) is 0 Å². The van der Waals surface area contributed by atoms with E-state index >= 15 is 0 Å². The molecule has 1 heterocycles. The van der Waals surface area contributed by atoms with Gasteiger partial charge in [-0.25, -0.2) is 4.79 Å². The van der Waals surface area contributed by atoms with Gasteiger partial charge in [0.2, 0.25) is 5.91 Å². The summed E-state index contributed by atoms with van der Waals surface area (Å²) in [5.74, 6) is 0.356. The highest BCUT2D eigenvalue weighted by Gasteiger charge is 2.58. The normalized spacial score (nSPS) is 33.2. The minimum absolute atomic E-state index is 0.0756. The third-order valence-electron chi connectivity index (χ3n) is 5.51. The van der Waals surface area contributed by atoms with Crippen LogP contribution in [0.3, 0.4) is 0 Å².